The third-order valence-electron chi connectivity index (χ3n) is 2.60. The van der Waals surface area contributed by atoms with Gasteiger partial charge in [-0.3, -0.25) is 0 Å². The summed E-state index contributed by atoms with van der Waals surface area (Å²) in [6.45, 7) is 0.809. The van der Waals surface area contributed by atoms with Crippen LogP contribution in [0.4, 0.5) is 0 Å². The van der Waals surface area contributed by atoms with Crippen LogP contribution in [0.5, 0.6) is 11.5 Å². The smallest absolute Gasteiger partial charge is 0.358 e. The molecule has 1 N–H and O–H groups in total. The van der Waals surface area contributed by atoms with Gasteiger partial charge in [-0.2, -0.15) is 0 Å². The van der Waals surface area contributed by atoms with Gasteiger partial charge < -0.3 is 14.6 Å². The van der Waals surface area contributed by atoms with Gasteiger partial charge in [-0.1, -0.05) is 11.6 Å². The first-order valence-corrected chi connectivity index (χ1v) is 6.74. The van der Waals surface area contributed by atoms with E-state index in [1.165, 1.54) is 6.20 Å². The van der Waals surface area contributed by atoms with Gasteiger partial charge in [0.1, 0.15) is 5.75 Å². The minimum atomic E-state index is -1.11. The zero-order valence-electron chi connectivity index (χ0n) is 11.2. The fourth-order valence-corrected chi connectivity index (χ4v) is 1.76. The lowest BCUT2D eigenvalue weighted by atomic mass is 10.3. The van der Waals surface area contributed by atoms with Crippen LogP contribution in [0, 0.1) is 0 Å². The maximum atomic E-state index is 10.9. The Bertz CT molecular complexity index is 601. The summed E-state index contributed by atoms with van der Waals surface area (Å²) < 4.78 is 10.9. The first-order chi connectivity index (χ1) is 10.2. The molecular formula is C15H14ClNO4. The van der Waals surface area contributed by atoms with Crippen LogP contribution in [0.3, 0.4) is 0 Å². The van der Waals surface area contributed by atoms with E-state index in [1.54, 1.807) is 36.4 Å². The van der Waals surface area contributed by atoms with Crippen LogP contribution < -0.4 is 9.47 Å². The molecule has 6 heteroatoms. The summed E-state index contributed by atoms with van der Waals surface area (Å²) in [5.74, 6) is -0.119. The Morgan fingerprint density at radius 3 is 2.57 bits per heavy atom. The maximum absolute atomic E-state index is 10.9. The van der Waals surface area contributed by atoms with Crippen molar-refractivity contribution in [3.63, 3.8) is 0 Å². The molecule has 21 heavy (non-hydrogen) atoms. The highest BCUT2D eigenvalue weighted by atomic mass is 35.5. The number of hydrogen-bond acceptors (Lipinski definition) is 4. The van der Waals surface area contributed by atoms with Crippen molar-refractivity contribution in [2.45, 2.75) is 6.42 Å². The molecule has 0 atom stereocenters. The van der Waals surface area contributed by atoms with Crippen molar-refractivity contribution in [3.05, 3.63) is 53.3 Å². The van der Waals surface area contributed by atoms with Crippen molar-refractivity contribution in [2.75, 3.05) is 13.2 Å². The Labute approximate surface area is 127 Å². The van der Waals surface area contributed by atoms with Gasteiger partial charge in [-0.05, 0) is 36.4 Å². The number of aromatic nitrogens is 1. The Kier molecular flexibility index (Phi) is 5.40. The first kappa shape index (κ1) is 15.1. The summed E-state index contributed by atoms with van der Waals surface area (Å²) in [7, 11) is 0. The standard InChI is InChI=1S/C15H14ClNO4/c16-11-4-6-12(7-5-11)20-9-2-10-21-13-3-1-8-17-14(13)15(18)19/h1,3-8H,2,9-10H2,(H,18,19). The summed E-state index contributed by atoms with van der Waals surface area (Å²) >= 11 is 5.77. The molecule has 1 aromatic carbocycles. The highest BCUT2D eigenvalue weighted by molar-refractivity contribution is 6.30. The summed E-state index contributed by atoms with van der Waals surface area (Å²) in [6, 6.07) is 10.3. The fraction of sp³-hybridized carbons (Fsp3) is 0.200. The van der Waals surface area contributed by atoms with Gasteiger partial charge in [0.2, 0.25) is 0 Å². The van der Waals surface area contributed by atoms with E-state index in [0.717, 1.165) is 5.75 Å². The Morgan fingerprint density at radius 2 is 1.86 bits per heavy atom. The van der Waals surface area contributed by atoms with E-state index in [-0.39, 0.29) is 11.4 Å². The van der Waals surface area contributed by atoms with E-state index in [0.29, 0.717) is 24.7 Å². The Hall–Kier alpha value is -2.27. The van der Waals surface area contributed by atoms with Crippen LogP contribution in [-0.2, 0) is 0 Å². The quantitative estimate of drug-likeness (QED) is 0.795. The Balaban J connectivity index is 1.75. The van der Waals surface area contributed by atoms with Crippen molar-refractivity contribution in [3.8, 4) is 11.5 Å². The maximum Gasteiger partial charge on any atom is 0.358 e. The van der Waals surface area contributed by atoms with Gasteiger partial charge in [-0.15, -0.1) is 0 Å². The number of carbonyl (C=O) groups is 1. The lowest BCUT2D eigenvalue weighted by molar-refractivity contribution is 0.0685. The van der Waals surface area contributed by atoms with Crippen molar-refractivity contribution in [1.29, 1.82) is 0 Å². The predicted octanol–water partition coefficient (Wildman–Crippen LogP) is 3.28. The Morgan fingerprint density at radius 1 is 1.14 bits per heavy atom. The SMILES string of the molecule is O=C(O)c1ncccc1OCCCOc1ccc(Cl)cc1. The molecule has 0 bridgehead atoms. The lowest BCUT2D eigenvalue weighted by Gasteiger charge is -2.09. The number of ether oxygens (including phenoxy) is 2. The molecule has 0 aliphatic carbocycles. The highest BCUT2D eigenvalue weighted by Crippen LogP contribution is 2.17. The van der Waals surface area contributed by atoms with Gasteiger partial charge in [0.25, 0.3) is 0 Å². The second kappa shape index (κ2) is 7.50. The number of hydrogen-bond donors (Lipinski definition) is 1. The molecule has 0 saturated carbocycles. The average Bonchev–Trinajstić information content (AvgIpc) is 2.49. The van der Waals surface area contributed by atoms with Gasteiger partial charge >= 0.3 is 5.97 Å². The average molecular weight is 308 g/mol. The molecule has 1 aromatic heterocycles. The lowest BCUT2D eigenvalue weighted by Crippen LogP contribution is -2.09. The van der Waals surface area contributed by atoms with Gasteiger partial charge in [0.05, 0.1) is 13.2 Å². The molecular weight excluding hydrogens is 294 g/mol. The number of pyridine rings is 1. The largest absolute Gasteiger partial charge is 0.493 e. The number of rotatable bonds is 7. The second-order valence-corrected chi connectivity index (χ2v) is 4.60. The molecule has 0 aliphatic heterocycles. The van der Waals surface area contributed by atoms with Crippen molar-refractivity contribution < 1.29 is 19.4 Å². The fourth-order valence-electron chi connectivity index (χ4n) is 1.63. The van der Waals surface area contributed by atoms with Crippen LogP contribution in [0.25, 0.3) is 0 Å². The van der Waals surface area contributed by atoms with Crippen LogP contribution in [0.15, 0.2) is 42.6 Å². The third-order valence-corrected chi connectivity index (χ3v) is 2.85. The molecule has 0 saturated heterocycles. The van der Waals surface area contributed by atoms with E-state index >= 15 is 0 Å². The number of halogens is 1. The predicted molar refractivity (Wildman–Crippen MR) is 78.3 cm³/mol. The topological polar surface area (TPSA) is 68.7 Å². The number of carboxylic acids is 1. The number of nitrogens with zero attached hydrogens (tertiary/aromatic N) is 1. The number of benzene rings is 1. The van der Waals surface area contributed by atoms with Gasteiger partial charge in [0.15, 0.2) is 11.4 Å². The van der Waals surface area contributed by atoms with E-state index in [2.05, 4.69) is 4.98 Å². The molecule has 0 amide bonds. The first-order valence-electron chi connectivity index (χ1n) is 6.36. The highest BCUT2D eigenvalue weighted by Gasteiger charge is 2.11. The van der Waals surface area contributed by atoms with E-state index in [1.807, 2.05) is 0 Å². The zero-order valence-corrected chi connectivity index (χ0v) is 11.9. The van der Waals surface area contributed by atoms with Crippen molar-refractivity contribution >= 4 is 17.6 Å². The molecule has 2 rings (SSSR count). The molecule has 1 heterocycles. The van der Waals surface area contributed by atoms with E-state index in [9.17, 15) is 4.79 Å². The molecule has 0 unspecified atom stereocenters. The summed E-state index contributed by atoms with van der Waals surface area (Å²) in [5.41, 5.74) is -0.0869. The molecule has 2 aromatic rings. The normalized spacial score (nSPS) is 10.1. The molecule has 0 radical (unpaired) electrons. The van der Waals surface area contributed by atoms with Crippen LogP contribution in [-0.4, -0.2) is 29.3 Å². The van der Waals surface area contributed by atoms with Gasteiger partial charge in [0, 0.05) is 17.6 Å². The number of carboxylic acid groups (broad SMARTS) is 1. The monoisotopic (exact) mass is 307 g/mol. The molecule has 0 spiro atoms. The molecule has 5 nitrogen and oxygen atoms in total. The second-order valence-electron chi connectivity index (χ2n) is 4.16. The summed E-state index contributed by atoms with van der Waals surface area (Å²) in [4.78, 5) is 14.7. The van der Waals surface area contributed by atoms with Crippen LogP contribution in [0.2, 0.25) is 5.02 Å². The third kappa shape index (κ3) is 4.65. The molecule has 110 valence electrons. The minimum absolute atomic E-state index is 0.0869. The minimum Gasteiger partial charge on any atom is -0.493 e. The summed E-state index contributed by atoms with van der Waals surface area (Å²) in [5, 5.41) is 9.62. The summed E-state index contributed by atoms with van der Waals surface area (Å²) in [6.07, 6.45) is 2.04. The van der Waals surface area contributed by atoms with Crippen molar-refractivity contribution in [1.82, 2.24) is 4.98 Å². The van der Waals surface area contributed by atoms with Crippen LogP contribution in [0.1, 0.15) is 16.9 Å². The molecule has 0 aliphatic rings. The molecule has 0 fully saturated rings. The van der Waals surface area contributed by atoms with E-state index < -0.39 is 5.97 Å². The number of aromatic carboxylic acids is 1. The van der Waals surface area contributed by atoms with Crippen LogP contribution >= 0.6 is 11.6 Å². The zero-order chi connectivity index (χ0) is 15.1. The van der Waals surface area contributed by atoms with Gasteiger partial charge in [-0.25, -0.2) is 9.78 Å². The van der Waals surface area contributed by atoms with Crippen molar-refractivity contribution in [2.24, 2.45) is 0 Å². The van der Waals surface area contributed by atoms with E-state index in [4.69, 9.17) is 26.2 Å².